The summed E-state index contributed by atoms with van der Waals surface area (Å²) in [5.41, 5.74) is 4.53. The molecule has 2 aromatic heterocycles. The molecule has 210 valence electrons. The van der Waals surface area contributed by atoms with E-state index >= 15 is 0 Å². The molecule has 1 N–H and O–H groups in total. The number of anilines is 5. The Kier molecular flexibility index (Phi) is 7.33. The minimum Gasteiger partial charge on any atom is -0.492 e. The van der Waals surface area contributed by atoms with Crippen molar-refractivity contribution in [3.05, 3.63) is 46.4 Å². The number of carbonyl (C=O) groups is 2. The van der Waals surface area contributed by atoms with Crippen molar-refractivity contribution >= 4 is 51.8 Å². The summed E-state index contributed by atoms with van der Waals surface area (Å²) >= 11 is 1.33. The number of fused-ring (bicyclic) bond motifs is 2. The summed E-state index contributed by atoms with van der Waals surface area (Å²) in [6.07, 6.45) is 6.34. The second-order valence-electron chi connectivity index (χ2n) is 10.5. The number of pyridine rings is 1. The van der Waals surface area contributed by atoms with Crippen molar-refractivity contribution in [3.63, 3.8) is 0 Å². The SMILES string of the molecule is CCOc1cc(C(=O)N2CCC(N3CCCC3)CC2)ccc1Nc1cc2c(cn1)N(C)C(=O)c1scnc1N2C. The van der Waals surface area contributed by atoms with Gasteiger partial charge < -0.3 is 29.7 Å². The van der Waals surface area contributed by atoms with Crippen LogP contribution >= 0.6 is 11.3 Å². The zero-order valence-corrected chi connectivity index (χ0v) is 24.0. The van der Waals surface area contributed by atoms with Gasteiger partial charge in [0.05, 0.1) is 35.4 Å². The number of rotatable bonds is 6. The quantitative estimate of drug-likeness (QED) is 0.461. The number of aromatic nitrogens is 2. The summed E-state index contributed by atoms with van der Waals surface area (Å²) in [4.78, 5) is 44.0. The molecule has 11 heteroatoms. The molecule has 5 heterocycles. The van der Waals surface area contributed by atoms with Crippen LogP contribution in [-0.2, 0) is 0 Å². The van der Waals surface area contributed by atoms with E-state index < -0.39 is 0 Å². The summed E-state index contributed by atoms with van der Waals surface area (Å²) in [5, 5.41) is 3.36. The van der Waals surface area contributed by atoms with E-state index in [0.717, 1.165) is 31.6 Å². The van der Waals surface area contributed by atoms with Crippen molar-refractivity contribution in [3.8, 4) is 5.75 Å². The Hall–Kier alpha value is -3.70. The van der Waals surface area contributed by atoms with Gasteiger partial charge in [-0.25, -0.2) is 9.97 Å². The van der Waals surface area contributed by atoms with Crippen LogP contribution in [0.25, 0.3) is 0 Å². The van der Waals surface area contributed by atoms with Crippen LogP contribution in [0.1, 0.15) is 52.6 Å². The fourth-order valence-electron chi connectivity index (χ4n) is 5.93. The molecule has 0 spiro atoms. The standard InChI is InChI=1S/C29H35N7O3S/c1-4-39-24-15-19(28(37)36-13-9-20(10-14-36)35-11-5-6-12-35)7-8-21(24)32-25-16-22-23(17-30-25)34(3)29(38)26-27(33(22)2)31-18-40-26/h7-8,15-18,20H,4-6,9-14H2,1-3H3,(H,30,32). The Morgan fingerprint density at radius 3 is 2.58 bits per heavy atom. The van der Waals surface area contributed by atoms with Gasteiger partial charge in [0.1, 0.15) is 16.4 Å². The molecule has 3 aliphatic heterocycles. The molecule has 0 saturated carbocycles. The van der Waals surface area contributed by atoms with Crippen molar-refractivity contribution < 1.29 is 14.3 Å². The molecule has 40 heavy (non-hydrogen) atoms. The Morgan fingerprint density at radius 1 is 1.05 bits per heavy atom. The van der Waals surface area contributed by atoms with Gasteiger partial charge in [-0.1, -0.05) is 0 Å². The number of ether oxygens (including phenoxy) is 1. The van der Waals surface area contributed by atoms with Crippen LogP contribution < -0.4 is 19.9 Å². The normalized spacial score (nSPS) is 18.0. The number of likely N-dealkylation sites (tertiary alicyclic amines) is 2. The number of carbonyl (C=O) groups excluding carboxylic acids is 2. The molecule has 2 fully saturated rings. The van der Waals surface area contributed by atoms with Crippen LogP contribution in [-0.4, -0.2) is 84.5 Å². The third kappa shape index (κ3) is 4.88. The van der Waals surface area contributed by atoms with Crippen molar-refractivity contribution in [1.29, 1.82) is 0 Å². The highest BCUT2D eigenvalue weighted by Gasteiger charge is 2.31. The molecule has 2 amide bonds. The number of nitrogens with zero attached hydrogens (tertiary/aromatic N) is 6. The topological polar surface area (TPSA) is 94.1 Å². The molecule has 3 aliphatic rings. The highest BCUT2D eigenvalue weighted by Crippen LogP contribution is 2.41. The van der Waals surface area contributed by atoms with Crippen molar-refractivity contribution in [2.24, 2.45) is 0 Å². The number of thiazole rings is 1. The molecule has 6 rings (SSSR count). The van der Waals surface area contributed by atoms with Gasteiger partial charge >= 0.3 is 0 Å². The maximum absolute atomic E-state index is 13.4. The van der Waals surface area contributed by atoms with Crippen LogP contribution in [0.2, 0.25) is 0 Å². The highest BCUT2D eigenvalue weighted by atomic mass is 32.1. The smallest absolute Gasteiger partial charge is 0.272 e. The van der Waals surface area contributed by atoms with Crippen molar-refractivity contribution in [1.82, 2.24) is 19.8 Å². The summed E-state index contributed by atoms with van der Waals surface area (Å²) in [7, 11) is 3.64. The molecule has 1 aromatic carbocycles. The zero-order chi connectivity index (χ0) is 27.8. The Balaban J connectivity index is 1.21. The lowest BCUT2D eigenvalue weighted by Crippen LogP contribution is -2.45. The lowest BCUT2D eigenvalue weighted by Gasteiger charge is -2.36. The molecule has 0 radical (unpaired) electrons. The predicted octanol–water partition coefficient (Wildman–Crippen LogP) is 4.74. The van der Waals surface area contributed by atoms with Gasteiger partial charge in [0.15, 0.2) is 5.82 Å². The van der Waals surface area contributed by atoms with Gasteiger partial charge in [0, 0.05) is 44.9 Å². The minimum atomic E-state index is -0.107. The molecule has 2 saturated heterocycles. The van der Waals surface area contributed by atoms with Crippen molar-refractivity contribution in [2.45, 2.75) is 38.6 Å². The molecule has 0 atom stereocenters. The van der Waals surface area contributed by atoms with E-state index in [2.05, 4.69) is 20.2 Å². The van der Waals surface area contributed by atoms with Gasteiger partial charge in [0.25, 0.3) is 11.8 Å². The van der Waals surface area contributed by atoms with Gasteiger partial charge in [-0.2, -0.15) is 0 Å². The van der Waals surface area contributed by atoms with E-state index in [0.29, 0.717) is 51.8 Å². The summed E-state index contributed by atoms with van der Waals surface area (Å²) in [6.45, 7) is 6.35. The summed E-state index contributed by atoms with van der Waals surface area (Å²) in [6, 6.07) is 8.05. The van der Waals surface area contributed by atoms with Crippen LogP contribution in [0.4, 0.5) is 28.7 Å². The molecule has 0 bridgehead atoms. The van der Waals surface area contributed by atoms with Crippen LogP contribution in [0.15, 0.2) is 36.0 Å². The van der Waals surface area contributed by atoms with Gasteiger partial charge in [-0.05, 0) is 63.9 Å². The average Bonchev–Trinajstić information content (AvgIpc) is 3.69. The van der Waals surface area contributed by atoms with E-state index in [-0.39, 0.29) is 11.8 Å². The maximum atomic E-state index is 13.4. The zero-order valence-electron chi connectivity index (χ0n) is 23.2. The summed E-state index contributed by atoms with van der Waals surface area (Å²) < 4.78 is 5.95. The molecule has 0 unspecified atom stereocenters. The highest BCUT2D eigenvalue weighted by molar-refractivity contribution is 7.12. The fraction of sp³-hybridized carbons (Fsp3) is 0.448. The lowest BCUT2D eigenvalue weighted by molar-refractivity contribution is 0.0644. The number of amides is 2. The van der Waals surface area contributed by atoms with Crippen LogP contribution in [0.5, 0.6) is 5.75 Å². The second-order valence-corrected chi connectivity index (χ2v) is 11.4. The van der Waals surface area contributed by atoms with Crippen LogP contribution in [0.3, 0.4) is 0 Å². The van der Waals surface area contributed by atoms with E-state index in [1.54, 1.807) is 23.7 Å². The number of piperidine rings is 1. The summed E-state index contributed by atoms with van der Waals surface area (Å²) in [5.74, 6) is 1.75. The Bertz CT molecular complexity index is 1410. The predicted molar refractivity (Wildman–Crippen MR) is 158 cm³/mol. The Morgan fingerprint density at radius 2 is 1.82 bits per heavy atom. The lowest BCUT2D eigenvalue weighted by atomic mass is 10.0. The van der Waals surface area contributed by atoms with Gasteiger partial charge in [-0.3, -0.25) is 9.59 Å². The third-order valence-electron chi connectivity index (χ3n) is 8.15. The molecule has 3 aromatic rings. The first-order valence-electron chi connectivity index (χ1n) is 14.0. The third-order valence-corrected chi connectivity index (χ3v) is 8.95. The maximum Gasteiger partial charge on any atom is 0.272 e. The van der Waals surface area contributed by atoms with Gasteiger partial charge in [-0.15, -0.1) is 11.3 Å². The molecule has 0 aliphatic carbocycles. The number of hydrogen-bond acceptors (Lipinski definition) is 9. The molecular weight excluding hydrogens is 526 g/mol. The first kappa shape index (κ1) is 26.5. The van der Waals surface area contributed by atoms with Crippen molar-refractivity contribution in [2.75, 3.05) is 62.0 Å². The first-order chi connectivity index (χ1) is 19.4. The fourth-order valence-corrected chi connectivity index (χ4v) is 6.72. The van der Waals surface area contributed by atoms with E-state index in [1.807, 2.05) is 48.0 Å². The monoisotopic (exact) mass is 561 g/mol. The number of nitrogens with one attached hydrogen (secondary N) is 1. The molecular formula is C29H35N7O3S. The first-order valence-corrected chi connectivity index (χ1v) is 14.8. The average molecular weight is 562 g/mol. The molecule has 10 nitrogen and oxygen atoms in total. The van der Waals surface area contributed by atoms with E-state index in [4.69, 9.17) is 4.74 Å². The largest absolute Gasteiger partial charge is 0.492 e. The Labute approximate surface area is 238 Å². The minimum absolute atomic E-state index is 0.0453. The second kappa shape index (κ2) is 11.1. The number of hydrogen-bond donors (Lipinski definition) is 1. The van der Waals surface area contributed by atoms with E-state index in [1.165, 1.54) is 37.3 Å². The van der Waals surface area contributed by atoms with Crippen LogP contribution in [0, 0.1) is 0 Å². The van der Waals surface area contributed by atoms with E-state index in [9.17, 15) is 9.59 Å². The number of benzene rings is 1. The van der Waals surface area contributed by atoms with Gasteiger partial charge in [0.2, 0.25) is 0 Å².